The summed E-state index contributed by atoms with van der Waals surface area (Å²) in [5.41, 5.74) is 4.45. The Bertz CT molecular complexity index is 293. The average molecular weight is 228 g/mol. The Hall–Kier alpha value is -1.10. The third-order valence-electron chi connectivity index (χ3n) is 3.51. The van der Waals surface area contributed by atoms with Crippen LogP contribution in [0, 0.1) is 5.92 Å². The van der Waals surface area contributed by atoms with Crippen LogP contribution in [0.5, 0.6) is 0 Å². The Morgan fingerprint density at radius 3 is 2.62 bits per heavy atom. The van der Waals surface area contributed by atoms with Crippen LogP contribution in [-0.4, -0.2) is 40.5 Å². The Morgan fingerprint density at radius 1 is 1.56 bits per heavy atom. The van der Waals surface area contributed by atoms with Crippen LogP contribution in [-0.2, 0) is 9.59 Å². The number of nitrogens with two attached hydrogens (primary N) is 1. The number of aliphatic carboxylic acids is 1. The molecule has 5 heteroatoms. The summed E-state index contributed by atoms with van der Waals surface area (Å²) in [5, 5.41) is 9.31. The van der Waals surface area contributed by atoms with Crippen molar-refractivity contribution in [1.82, 2.24) is 4.90 Å². The minimum absolute atomic E-state index is 0.135. The van der Waals surface area contributed by atoms with E-state index in [1.165, 1.54) is 4.90 Å². The highest BCUT2D eigenvalue weighted by atomic mass is 16.4. The molecule has 92 valence electrons. The lowest BCUT2D eigenvalue weighted by atomic mass is 9.92. The summed E-state index contributed by atoms with van der Waals surface area (Å²) >= 11 is 0. The molecule has 1 aliphatic rings. The van der Waals surface area contributed by atoms with Gasteiger partial charge in [-0.2, -0.15) is 0 Å². The molecule has 0 aromatic heterocycles. The van der Waals surface area contributed by atoms with Gasteiger partial charge in [0.1, 0.15) is 5.54 Å². The van der Waals surface area contributed by atoms with Crippen molar-refractivity contribution in [2.75, 3.05) is 13.1 Å². The number of likely N-dealkylation sites (tertiary alicyclic amines) is 1. The first-order chi connectivity index (χ1) is 7.49. The molecule has 0 aliphatic carbocycles. The third kappa shape index (κ3) is 1.91. The number of nitrogens with zero attached hydrogens (tertiary/aromatic N) is 1. The first-order valence-electron chi connectivity index (χ1n) is 5.74. The number of rotatable bonds is 4. The fraction of sp³-hybridized carbons (Fsp3) is 0.818. The Kier molecular flexibility index (Phi) is 3.91. The molecule has 1 aliphatic heterocycles. The number of hydrogen-bond donors (Lipinski definition) is 2. The molecule has 1 fully saturated rings. The maximum Gasteiger partial charge on any atom is 0.329 e. The van der Waals surface area contributed by atoms with E-state index < -0.39 is 11.5 Å². The quantitative estimate of drug-likeness (QED) is 0.731. The van der Waals surface area contributed by atoms with Crippen LogP contribution in [0.1, 0.15) is 33.1 Å². The van der Waals surface area contributed by atoms with Gasteiger partial charge in [0.25, 0.3) is 0 Å². The van der Waals surface area contributed by atoms with Gasteiger partial charge in [-0.15, -0.1) is 0 Å². The minimum atomic E-state index is -0.999. The van der Waals surface area contributed by atoms with E-state index in [4.69, 9.17) is 5.73 Å². The van der Waals surface area contributed by atoms with E-state index in [1.54, 1.807) is 6.92 Å². The van der Waals surface area contributed by atoms with Crippen LogP contribution in [0.15, 0.2) is 0 Å². The van der Waals surface area contributed by atoms with Gasteiger partial charge < -0.3 is 15.7 Å². The minimum Gasteiger partial charge on any atom is -0.479 e. The summed E-state index contributed by atoms with van der Waals surface area (Å²) in [5.74, 6) is -1.34. The van der Waals surface area contributed by atoms with E-state index in [-0.39, 0.29) is 18.4 Å². The van der Waals surface area contributed by atoms with E-state index in [2.05, 4.69) is 0 Å². The smallest absolute Gasteiger partial charge is 0.329 e. The largest absolute Gasteiger partial charge is 0.479 e. The van der Waals surface area contributed by atoms with Gasteiger partial charge in [0.15, 0.2) is 0 Å². The molecule has 3 N–H and O–H groups in total. The van der Waals surface area contributed by atoms with Crippen molar-refractivity contribution in [1.29, 1.82) is 0 Å². The van der Waals surface area contributed by atoms with Gasteiger partial charge in [0, 0.05) is 19.0 Å². The molecule has 5 nitrogen and oxygen atoms in total. The van der Waals surface area contributed by atoms with Crippen molar-refractivity contribution in [3.8, 4) is 0 Å². The predicted molar refractivity (Wildman–Crippen MR) is 59.8 cm³/mol. The zero-order valence-corrected chi connectivity index (χ0v) is 9.90. The van der Waals surface area contributed by atoms with E-state index in [0.717, 1.165) is 6.42 Å². The molecule has 0 saturated carbocycles. The van der Waals surface area contributed by atoms with Gasteiger partial charge in [-0.1, -0.05) is 13.8 Å². The number of carboxylic acids is 1. The fourth-order valence-corrected chi connectivity index (χ4v) is 2.31. The number of hydrogen-bond acceptors (Lipinski definition) is 3. The van der Waals surface area contributed by atoms with Crippen LogP contribution in [0.4, 0.5) is 0 Å². The lowest BCUT2D eigenvalue weighted by Gasteiger charge is -2.35. The van der Waals surface area contributed by atoms with E-state index in [1.807, 2.05) is 6.92 Å². The SMILES string of the molecule is CCC1(C(=O)O)CCCN1C(=O)C(C)CN. The van der Waals surface area contributed by atoms with Crippen LogP contribution >= 0.6 is 0 Å². The first kappa shape index (κ1) is 13.0. The van der Waals surface area contributed by atoms with Gasteiger partial charge in [0.05, 0.1) is 0 Å². The van der Waals surface area contributed by atoms with Gasteiger partial charge in [-0.05, 0) is 19.3 Å². The Morgan fingerprint density at radius 2 is 2.19 bits per heavy atom. The molecule has 0 aromatic rings. The van der Waals surface area contributed by atoms with Crippen LogP contribution in [0.25, 0.3) is 0 Å². The summed E-state index contributed by atoms with van der Waals surface area (Å²) in [7, 11) is 0. The van der Waals surface area contributed by atoms with E-state index in [0.29, 0.717) is 19.4 Å². The molecule has 1 saturated heterocycles. The van der Waals surface area contributed by atoms with Gasteiger partial charge in [-0.3, -0.25) is 4.79 Å². The zero-order chi connectivity index (χ0) is 12.3. The maximum absolute atomic E-state index is 12.0. The molecule has 0 bridgehead atoms. The molecule has 2 atom stereocenters. The van der Waals surface area contributed by atoms with Gasteiger partial charge in [0.2, 0.25) is 5.91 Å². The maximum atomic E-state index is 12.0. The van der Waals surface area contributed by atoms with Crippen LogP contribution in [0.3, 0.4) is 0 Å². The lowest BCUT2D eigenvalue weighted by Crippen LogP contribution is -2.54. The molecule has 1 amide bonds. The molecule has 16 heavy (non-hydrogen) atoms. The highest BCUT2D eigenvalue weighted by Gasteiger charge is 2.48. The summed E-state index contributed by atoms with van der Waals surface area (Å²) in [6.45, 7) is 4.34. The van der Waals surface area contributed by atoms with Crippen molar-refractivity contribution in [3.05, 3.63) is 0 Å². The zero-order valence-electron chi connectivity index (χ0n) is 9.90. The Balaban J connectivity index is 2.94. The highest BCUT2D eigenvalue weighted by Crippen LogP contribution is 2.33. The highest BCUT2D eigenvalue weighted by molar-refractivity contribution is 5.88. The lowest BCUT2D eigenvalue weighted by molar-refractivity contribution is -0.158. The van der Waals surface area contributed by atoms with Gasteiger partial charge >= 0.3 is 5.97 Å². The second kappa shape index (κ2) is 4.82. The fourth-order valence-electron chi connectivity index (χ4n) is 2.31. The average Bonchev–Trinajstić information content (AvgIpc) is 2.71. The number of carbonyl (C=O) groups is 2. The molecule has 0 aromatic carbocycles. The van der Waals surface area contributed by atoms with Crippen LogP contribution in [0.2, 0.25) is 0 Å². The molecule has 2 unspecified atom stereocenters. The molecule has 1 rings (SSSR count). The molecular weight excluding hydrogens is 208 g/mol. The second-order valence-corrected chi connectivity index (χ2v) is 4.42. The van der Waals surface area contributed by atoms with E-state index in [9.17, 15) is 14.7 Å². The molecule has 0 radical (unpaired) electrons. The Labute approximate surface area is 95.6 Å². The van der Waals surface area contributed by atoms with Crippen molar-refractivity contribution in [3.63, 3.8) is 0 Å². The predicted octanol–water partition coefficient (Wildman–Crippen LogP) is 0.437. The van der Waals surface area contributed by atoms with Crippen molar-refractivity contribution >= 4 is 11.9 Å². The van der Waals surface area contributed by atoms with Crippen molar-refractivity contribution in [2.45, 2.75) is 38.6 Å². The third-order valence-corrected chi connectivity index (χ3v) is 3.51. The molecule has 0 spiro atoms. The normalized spacial score (nSPS) is 26.8. The first-order valence-corrected chi connectivity index (χ1v) is 5.74. The summed E-state index contributed by atoms with van der Waals surface area (Å²) in [6.07, 6.45) is 1.75. The van der Waals surface area contributed by atoms with E-state index >= 15 is 0 Å². The second-order valence-electron chi connectivity index (χ2n) is 4.42. The van der Waals surface area contributed by atoms with Gasteiger partial charge in [-0.25, -0.2) is 4.79 Å². The standard InChI is InChI=1S/C11H20N2O3/c1-3-11(10(15)16)5-4-6-13(11)9(14)8(2)7-12/h8H,3-7,12H2,1-2H3,(H,15,16). The molecular formula is C11H20N2O3. The summed E-state index contributed by atoms with van der Waals surface area (Å²) in [6, 6.07) is 0. The number of amides is 1. The van der Waals surface area contributed by atoms with Crippen LogP contribution < -0.4 is 5.73 Å². The summed E-state index contributed by atoms with van der Waals surface area (Å²) in [4.78, 5) is 24.9. The number of carboxylic acid groups (broad SMARTS) is 1. The number of carbonyl (C=O) groups excluding carboxylic acids is 1. The molecule has 1 heterocycles. The summed E-state index contributed by atoms with van der Waals surface area (Å²) < 4.78 is 0. The van der Waals surface area contributed by atoms with Crippen molar-refractivity contribution in [2.24, 2.45) is 11.7 Å². The topological polar surface area (TPSA) is 83.6 Å². The monoisotopic (exact) mass is 228 g/mol. The van der Waals surface area contributed by atoms with Crippen molar-refractivity contribution < 1.29 is 14.7 Å².